The third-order valence-electron chi connectivity index (χ3n) is 5.12. The number of ether oxygens (including phenoxy) is 1. The lowest BCUT2D eigenvalue weighted by Gasteiger charge is -2.26. The summed E-state index contributed by atoms with van der Waals surface area (Å²) >= 11 is 3.31. The highest BCUT2D eigenvalue weighted by molar-refractivity contribution is 9.10. The van der Waals surface area contributed by atoms with Crippen LogP contribution in [0.1, 0.15) is 6.42 Å². The molecule has 0 saturated carbocycles. The van der Waals surface area contributed by atoms with E-state index in [0.29, 0.717) is 6.54 Å². The minimum Gasteiger partial charge on any atom is -0.419 e. The minimum absolute atomic E-state index is 0.00755. The Bertz CT molecular complexity index is 1160. The van der Waals surface area contributed by atoms with Crippen LogP contribution in [0.2, 0.25) is 0 Å². The number of halogens is 2. The van der Waals surface area contributed by atoms with Crippen LogP contribution in [0.3, 0.4) is 0 Å². The normalized spacial score (nSPS) is 15.1. The van der Waals surface area contributed by atoms with Crippen LogP contribution in [-0.4, -0.2) is 57.7 Å². The summed E-state index contributed by atoms with van der Waals surface area (Å²) in [4.78, 5) is 6.55. The van der Waals surface area contributed by atoms with Crippen LogP contribution in [0.15, 0.2) is 67.3 Å². The van der Waals surface area contributed by atoms with E-state index in [0.717, 1.165) is 43.7 Å². The molecule has 0 spiro atoms. The fourth-order valence-electron chi connectivity index (χ4n) is 3.40. The number of anilines is 1. The minimum atomic E-state index is -3.98. The van der Waals surface area contributed by atoms with E-state index in [2.05, 4.69) is 31.1 Å². The number of oxazole rings is 1. The van der Waals surface area contributed by atoms with Crippen molar-refractivity contribution in [1.29, 1.82) is 0 Å². The molecule has 170 valence electrons. The molecule has 7 nitrogen and oxygen atoms in total. The van der Waals surface area contributed by atoms with Gasteiger partial charge in [-0.1, -0.05) is 28.1 Å². The monoisotopic (exact) mass is 523 g/mol. The number of rotatable bonds is 8. The molecule has 0 atom stereocenters. The predicted octanol–water partition coefficient (Wildman–Crippen LogP) is 4.21. The molecular formula is C22H23BrFN3O4S. The quantitative estimate of drug-likeness (QED) is 0.442. The molecule has 1 saturated heterocycles. The van der Waals surface area contributed by atoms with Crippen LogP contribution in [0.25, 0.3) is 11.5 Å². The molecule has 1 aromatic heterocycles. The SMILES string of the molecule is O=S(=O)(c1ccc(Br)cc1)c1nc(-c2ccccc2F)oc1NCCCN1CCOCC1. The Hall–Kier alpha value is -2.27. The first-order valence-corrected chi connectivity index (χ1v) is 12.5. The van der Waals surface area contributed by atoms with Crippen molar-refractivity contribution in [2.24, 2.45) is 0 Å². The predicted molar refractivity (Wildman–Crippen MR) is 122 cm³/mol. The molecule has 0 aliphatic carbocycles. The van der Waals surface area contributed by atoms with E-state index in [1.54, 1.807) is 24.3 Å². The summed E-state index contributed by atoms with van der Waals surface area (Å²) in [7, 11) is -3.98. The van der Waals surface area contributed by atoms with Gasteiger partial charge < -0.3 is 14.5 Å². The lowest BCUT2D eigenvalue weighted by molar-refractivity contribution is 0.0378. The molecule has 2 heterocycles. The molecular weight excluding hydrogens is 501 g/mol. The van der Waals surface area contributed by atoms with E-state index in [9.17, 15) is 12.8 Å². The summed E-state index contributed by atoms with van der Waals surface area (Å²) < 4.78 is 52.7. The largest absolute Gasteiger partial charge is 0.419 e. The standard InChI is InChI=1S/C22H23BrFN3O4S/c23-16-6-8-17(9-7-16)32(28,29)22-21(25-10-3-11-27-12-14-30-15-13-27)31-20(26-22)18-4-1-2-5-19(18)24/h1-2,4-9,25H,3,10-15H2. The van der Waals surface area contributed by atoms with Crippen LogP contribution >= 0.6 is 15.9 Å². The van der Waals surface area contributed by atoms with Gasteiger partial charge in [0.2, 0.25) is 26.6 Å². The molecule has 2 aromatic carbocycles. The van der Waals surface area contributed by atoms with Gasteiger partial charge in [-0.25, -0.2) is 12.8 Å². The molecule has 1 aliphatic rings. The Kier molecular flexibility index (Phi) is 7.24. The Labute approximate surface area is 194 Å². The van der Waals surface area contributed by atoms with Crippen molar-refractivity contribution in [3.05, 3.63) is 58.8 Å². The second-order valence-electron chi connectivity index (χ2n) is 7.32. The third kappa shape index (κ3) is 5.20. The van der Waals surface area contributed by atoms with E-state index in [1.165, 1.54) is 24.3 Å². The third-order valence-corrected chi connectivity index (χ3v) is 7.33. The van der Waals surface area contributed by atoms with Crippen LogP contribution in [0, 0.1) is 5.82 Å². The molecule has 0 bridgehead atoms. The van der Waals surface area contributed by atoms with E-state index in [1.807, 2.05) is 0 Å². The molecule has 32 heavy (non-hydrogen) atoms. The smallest absolute Gasteiger partial charge is 0.233 e. The summed E-state index contributed by atoms with van der Waals surface area (Å²) in [6, 6.07) is 12.2. The van der Waals surface area contributed by atoms with E-state index < -0.39 is 15.7 Å². The van der Waals surface area contributed by atoms with Gasteiger partial charge in [-0.2, -0.15) is 4.98 Å². The molecule has 4 rings (SSSR count). The zero-order valence-electron chi connectivity index (χ0n) is 17.3. The zero-order chi connectivity index (χ0) is 22.6. The number of hydrogen-bond acceptors (Lipinski definition) is 7. The first-order valence-electron chi connectivity index (χ1n) is 10.3. The maximum atomic E-state index is 14.3. The van der Waals surface area contributed by atoms with Crippen molar-refractivity contribution in [2.45, 2.75) is 16.3 Å². The zero-order valence-corrected chi connectivity index (χ0v) is 19.7. The van der Waals surface area contributed by atoms with Crippen LogP contribution < -0.4 is 5.32 Å². The van der Waals surface area contributed by atoms with Crippen molar-refractivity contribution in [3.63, 3.8) is 0 Å². The summed E-state index contributed by atoms with van der Waals surface area (Å²) in [6.45, 7) is 4.52. The van der Waals surface area contributed by atoms with E-state index in [-0.39, 0.29) is 27.3 Å². The van der Waals surface area contributed by atoms with Crippen molar-refractivity contribution in [3.8, 4) is 11.5 Å². The second-order valence-corrected chi connectivity index (χ2v) is 10.1. The average Bonchev–Trinajstić information content (AvgIpc) is 3.23. The first-order chi connectivity index (χ1) is 15.4. The number of aromatic nitrogens is 1. The van der Waals surface area contributed by atoms with Crippen molar-refractivity contribution < 1.29 is 22.0 Å². The lowest BCUT2D eigenvalue weighted by atomic mass is 10.2. The van der Waals surface area contributed by atoms with Gasteiger partial charge in [-0.15, -0.1) is 0 Å². The van der Waals surface area contributed by atoms with Gasteiger partial charge in [0, 0.05) is 24.1 Å². The summed E-state index contributed by atoms with van der Waals surface area (Å²) in [5, 5.41) is 2.79. The molecule has 1 N–H and O–H groups in total. The maximum Gasteiger partial charge on any atom is 0.233 e. The molecule has 1 fully saturated rings. The van der Waals surface area contributed by atoms with Gasteiger partial charge in [0.15, 0.2) is 0 Å². The number of benzene rings is 2. The Morgan fingerprint density at radius 2 is 1.81 bits per heavy atom. The topological polar surface area (TPSA) is 84.7 Å². The van der Waals surface area contributed by atoms with Gasteiger partial charge in [0.25, 0.3) is 0 Å². The number of nitrogens with one attached hydrogen (secondary N) is 1. The van der Waals surface area contributed by atoms with Crippen molar-refractivity contribution in [2.75, 3.05) is 44.7 Å². The molecule has 0 amide bonds. The summed E-state index contributed by atoms with van der Waals surface area (Å²) in [5.41, 5.74) is 0.0983. The van der Waals surface area contributed by atoms with Crippen LogP contribution in [0.5, 0.6) is 0 Å². The second kappa shape index (κ2) is 10.1. The highest BCUT2D eigenvalue weighted by Crippen LogP contribution is 2.33. The summed E-state index contributed by atoms with van der Waals surface area (Å²) in [6.07, 6.45) is 0.771. The molecule has 3 aromatic rings. The van der Waals surface area contributed by atoms with Gasteiger partial charge in [-0.05, 0) is 49.4 Å². The van der Waals surface area contributed by atoms with Gasteiger partial charge in [0.1, 0.15) is 5.82 Å². The Balaban J connectivity index is 1.60. The highest BCUT2D eigenvalue weighted by atomic mass is 79.9. The van der Waals surface area contributed by atoms with Gasteiger partial charge in [0.05, 0.1) is 23.7 Å². The van der Waals surface area contributed by atoms with E-state index in [4.69, 9.17) is 9.15 Å². The number of morpholine rings is 1. The fourth-order valence-corrected chi connectivity index (χ4v) is 4.95. The molecule has 1 aliphatic heterocycles. The molecule has 0 unspecified atom stereocenters. The van der Waals surface area contributed by atoms with Crippen LogP contribution in [-0.2, 0) is 14.6 Å². The number of hydrogen-bond donors (Lipinski definition) is 1. The highest BCUT2D eigenvalue weighted by Gasteiger charge is 2.29. The molecule has 0 radical (unpaired) electrons. The maximum absolute atomic E-state index is 14.3. The van der Waals surface area contributed by atoms with Crippen molar-refractivity contribution in [1.82, 2.24) is 9.88 Å². The van der Waals surface area contributed by atoms with Crippen molar-refractivity contribution >= 4 is 31.7 Å². The summed E-state index contributed by atoms with van der Waals surface area (Å²) in [5.74, 6) is -0.622. The molecule has 10 heteroatoms. The van der Waals surface area contributed by atoms with Gasteiger partial charge in [-0.3, -0.25) is 4.90 Å². The number of nitrogens with zero attached hydrogens (tertiary/aromatic N) is 2. The Morgan fingerprint density at radius 1 is 1.09 bits per heavy atom. The van der Waals surface area contributed by atoms with E-state index >= 15 is 0 Å². The number of sulfone groups is 1. The van der Waals surface area contributed by atoms with Gasteiger partial charge >= 0.3 is 0 Å². The first kappa shape index (κ1) is 22.9. The average molecular weight is 524 g/mol. The Morgan fingerprint density at radius 3 is 2.53 bits per heavy atom. The fraction of sp³-hybridized carbons (Fsp3) is 0.318. The lowest BCUT2D eigenvalue weighted by Crippen LogP contribution is -2.37. The van der Waals surface area contributed by atoms with Crippen LogP contribution in [0.4, 0.5) is 10.3 Å².